The number of hydrogen-bond acceptors (Lipinski definition) is 2. The minimum absolute atomic E-state index is 0.611. The maximum Gasteiger partial charge on any atom is 0.258 e. The van der Waals surface area contributed by atoms with Crippen LogP contribution >= 0.6 is 0 Å². The Bertz CT molecular complexity index is 425. The topological polar surface area (TPSA) is 26.3 Å². The van der Waals surface area contributed by atoms with Crippen molar-refractivity contribution < 1.29 is 9.22 Å². The Hall–Kier alpha value is -0.833. The van der Waals surface area contributed by atoms with E-state index in [1.54, 1.807) is 0 Å². The van der Waals surface area contributed by atoms with Gasteiger partial charge in [-0.25, -0.2) is 0 Å². The maximum atomic E-state index is 11.1. The van der Waals surface area contributed by atoms with Crippen molar-refractivity contribution in [1.29, 1.82) is 0 Å². The molecule has 1 aliphatic rings. The summed E-state index contributed by atoms with van der Waals surface area (Å²) in [6, 6.07) is 0. The van der Waals surface area contributed by atoms with E-state index in [2.05, 4.69) is 53.7 Å². The highest BCUT2D eigenvalue weighted by molar-refractivity contribution is 6.77. The fourth-order valence-electron chi connectivity index (χ4n) is 4.28. The first-order valence-electron chi connectivity index (χ1n) is 9.86. The molecule has 0 atom stereocenters. The molecular formula is C21H38O2Si. The largest absolute Gasteiger partial charge is 0.546 e. The molecule has 0 fully saturated rings. The predicted molar refractivity (Wildman–Crippen MR) is 107 cm³/mol. The van der Waals surface area contributed by atoms with Gasteiger partial charge in [0.05, 0.1) is 5.76 Å². The van der Waals surface area contributed by atoms with E-state index in [1.807, 2.05) is 0 Å². The van der Waals surface area contributed by atoms with Gasteiger partial charge in [0.1, 0.15) is 6.29 Å². The van der Waals surface area contributed by atoms with Gasteiger partial charge in [-0.3, -0.25) is 4.79 Å². The highest BCUT2D eigenvalue weighted by Gasteiger charge is 2.47. The molecule has 0 bridgehead atoms. The van der Waals surface area contributed by atoms with Crippen LogP contribution in [0.3, 0.4) is 0 Å². The summed E-state index contributed by atoms with van der Waals surface area (Å²) in [7, 11) is -1.85. The van der Waals surface area contributed by atoms with Crippen LogP contribution in [-0.2, 0) is 9.22 Å². The van der Waals surface area contributed by atoms with Crippen LogP contribution in [0.25, 0.3) is 0 Å². The monoisotopic (exact) mass is 350 g/mol. The normalized spacial score (nSPS) is 22.5. The second kappa shape index (κ2) is 10.2. The maximum absolute atomic E-state index is 11.1. The summed E-state index contributed by atoms with van der Waals surface area (Å²) < 4.78 is 6.90. The second-order valence-electron chi connectivity index (χ2n) is 8.13. The zero-order valence-corrected chi connectivity index (χ0v) is 17.7. The quantitative estimate of drug-likeness (QED) is 0.383. The Morgan fingerprint density at radius 1 is 0.875 bits per heavy atom. The van der Waals surface area contributed by atoms with Gasteiger partial charge >= 0.3 is 0 Å². The number of hydrogen-bond donors (Lipinski definition) is 0. The van der Waals surface area contributed by atoms with Gasteiger partial charge in [-0.15, -0.1) is 0 Å². The Labute approximate surface area is 150 Å². The number of carbonyl (C=O) groups is 1. The average molecular weight is 351 g/mol. The van der Waals surface area contributed by atoms with Gasteiger partial charge in [0, 0.05) is 6.42 Å². The lowest BCUT2D eigenvalue weighted by Crippen LogP contribution is -2.47. The third-order valence-electron chi connectivity index (χ3n) is 5.49. The molecule has 0 aromatic rings. The minimum atomic E-state index is -1.85. The first kappa shape index (κ1) is 21.2. The third kappa shape index (κ3) is 5.61. The van der Waals surface area contributed by atoms with Crippen LogP contribution < -0.4 is 0 Å². The van der Waals surface area contributed by atoms with Gasteiger partial charge in [0.25, 0.3) is 8.32 Å². The molecule has 0 spiro atoms. The summed E-state index contributed by atoms with van der Waals surface area (Å²) in [4.78, 5) is 11.1. The molecule has 3 heteroatoms. The highest BCUT2D eigenvalue weighted by atomic mass is 28.4. The van der Waals surface area contributed by atoms with E-state index in [0.717, 1.165) is 56.8 Å². The summed E-state index contributed by atoms with van der Waals surface area (Å²) in [5.74, 6) is 1.23. The smallest absolute Gasteiger partial charge is 0.258 e. The van der Waals surface area contributed by atoms with E-state index < -0.39 is 8.32 Å². The Morgan fingerprint density at radius 3 is 1.96 bits per heavy atom. The molecule has 0 amide bonds. The van der Waals surface area contributed by atoms with E-state index in [9.17, 15) is 4.79 Å². The minimum Gasteiger partial charge on any atom is -0.546 e. The van der Waals surface area contributed by atoms with Gasteiger partial charge < -0.3 is 4.43 Å². The molecule has 0 saturated carbocycles. The number of aldehydes is 1. The predicted octanol–water partition coefficient (Wildman–Crippen LogP) is 6.93. The van der Waals surface area contributed by atoms with Crippen LogP contribution in [0.4, 0.5) is 0 Å². The van der Waals surface area contributed by atoms with Crippen LogP contribution in [-0.4, -0.2) is 14.6 Å². The SMILES string of the molecule is CC(C)[Si](O/C1=C/CCC/C=C(/C=O)CCCC1)(C(C)C)C(C)C. The number of rotatable bonds is 6. The van der Waals surface area contributed by atoms with Crippen molar-refractivity contribution in [2.75, 3.05) is 0 Å². The standard InChI is InChI=1S/C21H38O2Si/c1-17(2)24(18(3)4,19(5)6)23-21-14-9-7-8-12-20(16-22)13-10-11-15-21/h12,14,16-19H,7-11,13,15H2,1-6H3/b20-12+,21-14+. The number of allylic oxidation sites excluding steroid dienone is 4. The molecule has 1 rings (SSSR count). The average Bonchev–Trinajstić information content (AvgIpc) is 2.56. The van der Waals surface area contributed by atoms with E-state index in [1.165, 1.54) is 5.76 Å². The Balaban J connectivity index is 2.90. The van der Waals surface area contributed by atoms with E-state index >= 15 is 0 Å². The van der Waals surface area contributed by atoms with Gasteiger partial charge in [0.2, 0.25) is 0 Å². The van der Waals surface area contributed by atoms with Crippen molar-refractivity contribution in [2.45, 2.75) is 103 Å². The van der Waals surface area contributed by atoms with E-state index in [4.69, 9.17) is 4.43 Å². The summed E-state index contributed by atoms with van der Waals surface area (Å²) in [5, 5.41) is 0. The van der Waals surface area contributed by atoms with Crippen molar-refractivity contribution in [3.05, 3.63) is 23.5 Å². The first-order valence-corrected chi connectivity index (χ1v) is 12.0. The molecule has 1 aliphatic carbocycles. The summed E-state index contributed by atoms with van der Waals surface area (Å²) in [5.41, 5.74) is 2.81. The van der Waals surface area contributed by atoms with Gasteiger partial charge in [-0.05, 0) is 66.8 Å². The van der Waals surface area contributed by atoms with Gasteiger partial charge in [-0.1, -0.05) is 47.6 Å². The van der Waals surface area contributed by atoms with Gasteiger partial charge in [-0.2, -0.15) is 0 Å². The molecule has 24 heavy (non-hydrogen) atoms. The molecule has 0 aromatic carbocycles. The zero-order valence-electron chi connectivity index (χ0n) is 16.7. The van der Waals surface area contributed by atoms with Crippen LogP contribution in [0, 0.1) is 0 Å². The highest BCUT2D eigenvalue weighted by Crippen LogP contribution is 2.44. The van der Waals surface area contributed by atoms with Crippen molar-refractivity contribution in [1.82, 2.24) is 0 Å². The molecule has 0 aromatic heterocycles. The lowest BCUT2D eigenvalue weighted by molar-refractivity contribution is -0.105. The Morgan fingerprint density at radius 2 is 1.42 bits per heavy atom. The fourth-order valence-corrected chi connectivity index (χ4v) is 9.63. The molecule has 0 N–H and O–H groups in total. The van der Waals surface area contributed by atoms with Crippen LogP contribution in [0.2, 0.25) is 16.6 Å². The van der Waals surface area contributed by atoms with Crippen molar-refractivity contribution in [3.63, 3.8) is 0 Å². The first-order chi connectivity index (χ1) is 11.3. The summed E-state index contributed by atoms with van der Waals surface area (Å²) in [6.45, 7) is 14.1. The summed E-state index contributed by atoms with van der Waals surface area (Å²) >= 11 is 0. The lowest BCUT2D eigenvalue weighted by Gasteiger charge is -2.43. The molecule has 2 nitrogen and oxygen atoms in total. The Kier molecular flexibility index (Phi) is 9.04. The van der Waals surface area contributed by atoms with Crippen LogP contribution in [0.15, 0.2) is 23.5 Å². The van der Waals surface area contributed by atoms with Crippen molar-refractivity contribution in [3.8, 4) is 0 Å². The lowest BCUT2D eigenvalue weighted by atomic mass is 10.1. The van der Waals surface area contributed by atoms with E-state index in [-0.39, 0.29) is 0 Å². The van der Waals surface area contributed by atoms with Crippen molar-refractivity contribution in [2.24, 2.45) is 0 Å². The van der Waals surface area contributed by atoms with Crippen LogP contribution in [0.5, 0.6) is 0 Å². The number of carbonyl (C=O) groups excluding carboxylic acids is 1. The molecular weight excluding hydrogens is 312 g/mol. The molecule has 0 saturated heterocycles. The molecule has 0 aliphatic heterocycles. The summed E-state index contributed by atoms with van der Waals surface area (Å²) in [6.07, 6.45) is 12.8. The zero-order chi connectivity index (χ0) is 18.2. The molecule has 0 heterocycles. The molecule has 0 radical (unpaired) electrons. The van der Waals surface area contributed by atoms with Gasteiger partial charge in [0.15, 0.2) is 0 Å². The van der Waals surface area contributed by atoms with Crippen LogP contribution in [0.1, 0.15) is 86.5 Å². The second-order valence-corrected chi connectivity index (χ2v) is 13.5. The molecule has 0 unspecified atom stereocenters. The molecule has 138 valence electrons. The van der Waals surface area contributed by atoms with E-state index in [0.29, 0.717) is 16.6 Å². The van der Waals surface area contributed by atoms with Crippen molar-refractivity contribution >= 4 is 14.6 Å². The third-order valence-corrected chi connectivity index (χ3v) is 11.5. The fraction of sp³-hybridized carbons (Fsp3) is 0.762.